The first kappa shape index (κ1) is 21.7. The molecule has 2 aromatic rings. The number of hydrogen-bond donors (Lipinski definition) is 0. The molecule has 4 rings (SSSR count). The second-order valence-electron chi connectivity index (χ2n) is 7.90. The molecule has 166 valence electrons. The Labute approximate surface area is 184 Å². The molecule has 1 unspecified atom stereocenters. The molecule has 2 aromatic carbocycles. The minimum Gasteiger partial charge on any atom is -0.452 e. The molecule has 1 fully saturated rings. The number of carbonyl (C=O) groups is 4. The van der Waals surface area contributed by atoms with Crippen LogP contribution in [0, 0.1) is 5.82 Å². The number of amides is 3. The summed E-state index contributed by atoms with van der Waals surface area (Å²) in [6.45, 7) is 2.31. The lowest BCUT2D eigenvalue weighted by Crippen LogP contribution is -2.45. The summed E-state index contributed by atoms with van der Waals surface area (Å²) < 4.78 is 18.4. The molecule has 0 spiro atoms. The Kier molecular flexibility index (Phi) is 6.03. The molecule has 0 aliphatic carbocycles. The van der Waals surface area contributed by atoms with Crippen molar-refractivity contribution in [2.45, 2.75) is 38.6 Å². The van der Waals surface area contributed by atoms with E-state index in [0.29, 0.717) is 6.54 Å². The van der Waals surface area contributed by atoms with E-state index in [1.807, 2.05) is 6.92 Å². The van der Waals surface area contributed by atoms with E-state index in [4.69, 9.17) is 4.74 Å². The number of anilines is 1. The van der Waals surface area contributed by atoms with E-state index >= 15 is 0 Å². The highest BCUT2D eigenvalue weighted by atomic mass is 19.1. The van der Waals surface area contributed by atoms with Crippen LogP contribution in [0.4, 0.5) is 10.1 Å². The van der Waals surface area contributed by atoms with Gasteiger partial charge in [-0.25, -0.2) is 14.1 Å². The Morgan fingerprint density at radius 3 is 2.47 bits per heavy atom. The molecule has 1 atom stereocenters. The first-order valence-corrected chi connectivity index (χ1v) is 10.7. The van der Waals surface area contributed by atoms with Crippen molar-refractivity contribution in [3.8, 4) is 0 Å². The van der Waals surface area contributed by atoms with Gasteiger partial charge in [0.05, 0.1) is 22.4 Å². The molecule has 0 bridgehead atoms. The number of ether oxygens (including phenoxy) is 1. The zero-order chi connectivity index (χ0) is 22.8. The first-order valence-electron chi connectivity index (χ1n) is 10.7. The summed E-state index contributed by atoms with van der Waals surface area (Å²) in [7, 11) is 0. The Hall–Kier alpha value is -3.55. The quantitative estimate of drug-likeness (QED) is 0.526. The number of halogens is 1. The average molecular weight is 438 g/mol. The van der Waals surface area contributed by atoms with Crippen LogP contribution in [0.5, 0.6) is 0 Å². The Morgan fingerprint density at radius 2 is 1.75 bits per heavy atom. The molecule has 2 heterocycles. The van der Waals surface area contributed by atoms with Gasteiger partial charge in [-0.3, -0.25) is 14.4 Å². The Bertz CT molecular complexity index is 1080. The maximum Gasteiger partial charge on any atom is 0.338 e. The number of benzene rings is 2. The molecule has 3 amide bonds. The molecule has 7 nitrogen and oxygen atoms in total. The second kappa shape index (κ2) is 8.90. The third-order valence-electron chi connectivity index (χ3n) is 5.95. The number of rotatable bonds is 5. The van der Waals surface area contributed by atoms with Crippen LogP contribution in [-0.4, -0.2) is 47.8 Å². The number of fused-ring (bicyclic) bond motifs is 1. The summed E-state index contributed by atoms with van der Waals surface area (Å²) >= 11 is 0. The van der Waals surface area contributed by atoms with Gasteiger partial charge < -0.3 is 9.64 Å². The molecular formula is C24H23FN2O5. The number of likely N-dealkylation sites (tertiary alicyclic amines) is 1. The van der Waals surface area contributed by atoms with Gasteiger partial charge in [0.1, 0.15) is 5.82 Å². The van der Waals surface area contributed by atoms with Crippen molar-refractivity contribution in [2.75, 3.05) is 18.1 Å². The van der Waals surface area contributed by atoms with Gasteiger partial charge in [0, 0.05) is 12.6 Å². The fraction of sp³-hybridized carbons (Fsp3) is 0.333. The molecule has 0 N–H and O–H groups in total. The van der Waals surface area contributed by atoms with E-state index in [-0.39, 0.29) is 40.9 Å². The summed E-state index contributed by atoms with van der Waals surface area (Å²) in [5.41, 5.74) is 0.511. The predicted molar refractivity (Wildman–Crippen MR) is 114 cm³/mol. The van der Waals surface area contributed by atoms with Gasteiger partial charge in [-0.1, -0.05) is 6.92 Å². The Balaban J connectivity index is 1.46. The van der Waals surface area contributed by atoms with Gasteiger partial charge in [0.15, 0.2) is 6.61 Å². The molecule has 2 aliphatic rings. The van der Waals surface area contributed by atoms with Crippen molar-refractivity contribution >= 4 is 29.4 Å². The molecule has 2 aliphatic heterocycles. The normalized spacial score (nSPS) is 18.0. The monoisotopic (exact) mass is 438 g/mol. The minimum atomic E-state index is -0.744. The maximum atomic E-state index is 13.2. The van der Waals surface area contributed by atoms with Crippen molar-refractivity contribution in [1.29, 1.82) is 0 Å². The van der Waals surface area contributed by atoms with Gasteiger partial charge >= 0.3 is 5.97 Å². The van der Waals surface area contributed by atoms with Crippen molar-refractivity contribution in [3.05, 3.63) is 65.0 Å². The van der Waals surface area contributed by atoms with E-state index in [1.165, 1.54) is 30.3 Å². The fourth-order valence-corrected chi connectivity index (χ4v) is 4.24. The van der Waals surface area contributed by atoms with Gasteiger partial charge in [-0.05, 0) is 68.1 Å². The van der Waals surface area contributed by atoms with E-state index in [0.717, 1.165) is 42.7 Å². The fourth-order valence-electron chi connectivity index (χ4n) is 4.24. The Morgan fingerprint density at radius 1 is 1.03 bits per heavy atom. The standard InChI is InChI=1S/C24H23FN2O5/c1-2-17-5-3-4-12-26(17)21(28)14-32-24(31)15-6-11-19-20(13-15)23(30)27(22(19)29)18-9-7-16(25)8-10-18/h6-11,13,17H,2-5,12,14H2,1H3. The van der Waals surface area contributed by atoms with Crippen molar-refractivity contribution < 1.29 is 28.3 Å². The highest BCUT2D eigenvalue weighted by Crippen LogP contribution is 2.29. The first-order chi connectivity index (χ1) is 15.4. The van der Waals surface area contributed by atoms with Crippen molar-refractivity contribution in [2.24, 2.45) is 0 Å². The van der Waals surface area contributed by atoms with E-state index < -0.39 is 23.6 Å². The van der Waals surface area contributed by atoms with E-state index in [1.54, 1.807) is 4.90 Å². The average Bonchev–Trinajstić information content (AvgIpc) is 3.07. The maximum absolute atomic E-state index is 13.2. The zero-order valence-corrected chi connectivity index (χ0v) is 17.7. The molecule has 32 heavy (non-hydrogen) atoms. The van der Waals surface area contributed by atoms with Gasteiger partial charge in [-0.15, -0.1) is 0 Å². The van der Waals surface area contributed by atoms with Crippen LogP contribution in [0.3, 0.4) is 0 Å². The smallest absolute Gasteiger partial charge is 0.338 e. The van der Waals surface area contributed by atoms with Crippen molar-refractivity contribution in [3.63, 3.8) is 0 Å². The van der Waals surface area contributed by atoms with Crippen LogP contribution in [0.1, 0.15) is 63.7 Å². The zero-order valence-electron chi connectivity index (χ0n) is 17.7. The number of piperidine rings is 1. The molecule has 8 heteroatoms. The number of hydrogen-bond acceptors (Lipinski definition) is 5. The van der Waals surface area contributed by atoms with Crippen LogP contribution in [0.25, 0.3) is 0 Å². The number of carbonyl (C=O) groups excluding carboxylic acids is 4. The molecule has 0 radical (unpaired) electrons. The van der Waals surface area contributed by atoms with Gasteiger partial charge in [0.2, 0.25) is 0 Å². The molecule has 0 saturated carbocycles. The lowest BCUT2D eigenvalue weighted by atomic mass is 10.00. The number of imide groups is 1. The van der Waals surface area contributed by atoms with Crippen LogP contribution < -0.4 is 4.90 Å². The third-order valence-corrected chi connectivity index (χ3v) is 5.95. The molecule has 1 saturated heterocycles. The summed E-state index contributed by atoms with van der Waals surface area (Å²) in [6.07, 6.45) is 3.81. The van der Waals surface area contributed by atoms with Crippen LogP contribution in [-0.2, 0) is 9.53 Å². The lowest BCUT2D eigenvalue weighted by Gasteiger charge is -2.35. The van der Waals surface area contributed by atoms with E-state index in [9.17, 15) is 23.6 Å². The van der Waals surface area contributed by atoms with Crippen LogP contribution in [0.15, 0.2) is 42.5 Å². The number of nitrogens with zero attached hydrogens (tertiary/aromatic N) is 2. The minimum absolute atomic E-state index is 0.0576. The highest BCUT2D eigenvalue weighted by molar-refractivity contribution is 6.34. The third kappa shape index (κ3) is 4.00. The lowest BCUT2D eigenvalue weighted by molar-refractivity contribution is -0.138. The van der Waals surface area contributed by atoms with Crippen LogP contribution in [0.2, 0.25) is 0 Å². The summed E-state index contributed by atoms with van der Waals surface area (Å²) in [6, 6.07) is 9.21. The van der Waals surface area contributed by atoms with Gasteiger partial charge in [-0.2, -0.15) is 0 Å². The topological polar surface area (TPSA) is 84.0 Å². The second-order valence-corrected chi connectivity index (χ2v) is 7.90. The molecular weight excluding hydrogens is 415 g/mol. The largest absolute Gasteiger partial charge is 0.452 e. The number of esters is 1. The van der Waals surface area contributed by atoms with Gasteiger partial charge in [0.25, 0.3) is 17.7 Å². The van der Waals surface area contributed by atoms with E-state index in [2.05, 4.69) is 0 Å². The summed E-state index contributed by atoms with van der Waals surface area (Å²) in [5.74, 6) is -2.63. The highest BCUT2D eigenvalue weighted by Gasteiger charge is 2.37. The van der Waals surface area contributed by atoms with Crippen LogP contribution >= 0.6 is 0 Å². The molecule has 0 aromatic heterocycles. The summed E-state index contributed by atoms with van der Waals surface area (Å²) in [5, 5.41) is 0. The van der Waals surface area contributed by atoms with Crippen molar-refractivity contribution in [1.82, 2.24) is 4.90 Å². The predicted octanol–water partition coefficient (Wildman–Crippen LogP) is 3.57. The SMILES string of the molecule is CCC1CCCCN1C(=O)COC(=O)c1ccc2c(c1)C(=O)N(c1ccc(F)cc1)C2=O. The summed E-state index contributed by atoms with van der Waals surface area (Å²) in [4.78, 5) is 53.2.